The molecule has 1 saturated carbocycles. The molecular formula is C12H17NO. The van der Waals surface area contributed by atoms with Crippen molar-refractivity contribution in [2.24, 2.45) is 5.73 Å². The van der Waals surface area contributed by atoms with Crippen molar-refractivity contribution >= 4 is 0 Å². The normalized spacial score (nSPS) is 18.7. The second-order valence-corrected chi connectivity index (χ2v) is 4.00. The zero-order chi connectivity index (χ0) is 9.97. The first-order valence-electron chi connectivity index (χ1n) is 5.28. The molecule has 2 N–H and O–H groups in total. The van der Waals surface area contributed by atoms with Gasteiger partial charge in [0.15, 0.2) is 0 Å². The molecule has 1 aliphatic carbocycles. The van der Waals surface area contributed by atoms with E-state index in [0.29, 0.717) is 6.10 Å². The number of hydrogen-bond donors (Lipinski definition) is 1. The third-order valence-corrected chi connectivity index (χ3v) is 2.76. The zero-order valence-electron chi connectivity index (χ0n) is 8.57. The third-order valence-electron chi connectivity index (χ3n) is 2.76. The molecule has 0 heterocycles. The van der Waals surface area contributed by atoms with Gasteiger partial charge in [0, 0.05) is 11.6 Å². The molecule has 0 unspecified atom stereocenters. The van der Waals surface area contributed by atoms with Gasteiger partial charge >= 0.3 is 0 Å². The maximum atomic E-state index is 5.87. The van der Waals surface area contributed by atoms with Crippen LogP contribution in [0.25, 0.3) is 0 Å². The number of benzene rings is 1. The summed E-state index contributed by atoms with van der Waals surface area (Å²) in [5, 5.41) is 0. The zero-order valence-corrected chi connectivity index (χ0v) is 8.57. The van der Waals surface area contributed by atoms with Crippen LogP contribution in [0.3, 0.4) is 0 Å². The van der Waals surface area contributed by atoms with Crippen molar-refractivity contribution in [1.29, 1.82) is 0 Å². The van der Waals surface area contributed by atoms with E-state index in [0.717, 1.165) is 11.3 Å². The Labute approximate surface area is 85.1 Å². The van der Waals surface area contributed by atoms with E-state index >= 15 is 0 Å². The second-order valence-electron chi connectivity index (χ2n) is 4.00. The van der Waals surface area contributed by atoms with Crippen LogP contribution < -0.4 is 10.5 Å². The van der Waals surface area contributed by atoms with Crippen LogP contribution in [0, 0.1) is 0 Å². The van der Waals surface area contributed by atoms with E-state index in [1.165, 1.54) is 19.3 Å². The molecule has 1 fully saturated rings. The Morgan fingerprint density at radius 3 is 2.64 bits per heavy atom. The van der Waals surface area contributed by atoms with Crippen LogP contribution in [-0.2, 0) is 0 Å². The van der Waals surface area contributed by atoms with Gasteiger partial charge in [-0.3, -0.25) is 0 Å². The van der Waals surface area contributed by atoms with Crippen LogP contribution in [0.1, 0.15) is 37.8 Å². The topological polar surface area (TPSA) is 35.2 Å². The lowest BCUT2D eigenvalue weighted by Crippen LogP contribution is -2.25. The lowest BCUT2D eigenvalue weighted by atomic mass is 9.96. The van der Waals surface area contributed by atoms with Crippen molar-refractivity contribution in [3.63, 3.8) is 0 Å². The number of rotatable bonds is 3. The Morgan fingerprint density at radius 1 is 1.36 bits per heavy atom. The molecule has 0 saturated heterocycles. The summed E-state index contributed by atoms with van der Waals surface area (Å²) in [4.78, 5) is 0. The maximum absolute atomic E-state index is 5.87. The summed E-state index contributed by atoms with van der Waals surface area (Å²) < 4.78 is 5.86. The fourth-order valence-electron chi connectivity index (χ4n) is 1.63. The smallest absolute Gasteiger partial charge is 0.124 e. The molecule has 1 aromatic rings. The van der Waals surface area contributed by atoms with E-state index in [4.69, 9.17) is 10.5 Å². The standard InChI is InChI=1S/C12H17NO/c1-9(13)11-7-2-3-8-12(11)14-10-5-4-6-10/h2-3,7-10H,4-6,13H2,1H3/t9-/m0/s1. The van der Waals surface area contributed by atoms with Crippen molar-refractivity contribution in [3.05, 3.63) is 29.8 Å². The molecule has 14 heavy (non-hydrogen) atoms. The van der Waals surface area contributed by atoms with E-state index in [2.05, 4.69) is 0 Å². The van der Waals surface area contributed by atoms with Gasteiger partial charge in [-0.15, -0.1) is 0 Å². The van der Waals surface area contributed by atoms with Gasteiger partial charge in [-0.05, 0) is 32.3 Å². The summed E-state index contributed by atoms with van der Waals surface area (Å²) in [6, 6.07) is 8.10. The van der Waals surface area contributed by atoms with Crippen molar-refractivity contribution < 1.29 is 4.74 Å². The number of nitrogens with two attached hydrogens (primary N) is 1. The number of ether oxygens (including phenoxy) is 1. The molecule has 0 amide bonds. The largest absolute Gasteiger partial charge is 0.490 e. The van der Waals surface area contributed by atoms with Gasteiger partial charge in [0.05, 0.1) is 6.10 Å². The molecular weight excluding hydrogens is 174 g/mol. The summed E-state index contributed by atoms with van der Waals surface area (Å²) >= 11 is 0. The van der Waals surface area contributed by atoms with E-state index in [9.17, 15) is 0 Å². The van der Waals surface area contributed by atoms with Gasteiger partial charge in [-0.1, -0.05) is 18.2 Å². The van der Waals surface area contributed by atoms with Gasteiger partial charge < -0.3 is 10.5 Å². The summed E-state index contributed by atoms with van der Waals surface area (Å²) in [6.45, 7) is 1.99. The Kier molecular flexibility index (Phi) is 2.73. The molecule has 1 aliphatic rings. The minimum atomic E-state index is 0.0475. The number of para-hydroxylation sites is 1. The van der Waals surface area contributed by atoms with Crippen molar-refractivity contribution in [3.8, 4) is 5.75 Å². The van der Waals surface area contributed by atoms with Crippen LogP contribution >= 0.6 is 0 Å². The molecule has 0 spiro atoms. The van der Waals surface area contributed by atoms with E-state index in [1.54, 1.807) is 0 Å². The first kappa shape index (κ1) is 9.53. The van der Waals surface area contributed by atoms with Crippen molar-refractivity contribution in [2.75, 3.05) is 0 Å². The highest BCUT2D eigenvalue weighted by atomic mass is 16.5. The quantitative estimate of drug-likeness (QED) is 0.797. The monoisotopic (exact) mass is 191 g/mol. The maximum Gasteiger partial charge on any atom is 0.124 e. The minimum Gasteiger partial charge on any atom is -0.490 e. The highest BCUT2D eigenvalue weighted by Gasteiger charge is 2.20. The lowest BCUT2D eigenvalue weighted by Gasteiger charge is -2.28. The highest BCUT2D eigenvalue weighted by Crippen LogP contribution is 2.29. The SMILES string of the molecule is C[C@H](N)c1ccccc1OC1CCC1. The molecule has 76 valence electrons. The van der Waals surface area contributed by atoms with E-state index < -0.39 is 0 Å². The average Bonchev–Trinajstić information content (AvgIpc) is 2.12. The van der Waals surface area contributed by atoms with Crippen LogP contribution in [0.2, 0.25) is 0 Å². The Morgan fingerprint density at radius 2 is 2.07 bits per heavy atom. The molecule has 0 aliphatic heterocycles. The molecule has 2 nitrogen and oxygen atoms in total. The highest BCUT2D eigenvalue weighted by molar-refractivity contribution is 5.35. The van der Waals surface area contributed by atoms with E-state index in [-0.39, 0.29) is 6.04 Å². The van der Waals surface area contributed by atoms with Crippen molar-refractivity contribution in [2.45, 2.75) is 38.3 Å². The first-order valence-corrected chi connectivity index (χ1v) is 5.28. The van der Waals surface area contributed by atoms with E-state index in [1.807, 2.05) is 31.2 Å². The minimum absolute atomic E-state index is 0.0475. The fraction of sp³-hybridized carbons (Fsp3) is 0.500. The van der Waals surface area contributed by atoms with Gasteiger partial charge in [-0.2, -0.15) is 0 Å². The Bertz CT molecular complexity index is 305. The molecule has 0 radical (unpaired) electrons. The summed E-state index contributed by atoms with van der Waals surface area (Å²) in [6.07, 6.45) is 4.10. The lowest BCUT2D eigenvalue weighted by molar-refractivity contribution is 0.118. The predicted molar refractivity (Wildman–Crippen MR) is 57.3 cm³/mol. The molecule has 1 aromatic carbocycles. The Balaban J connectivity index is 2.13. The average molecular weight is 191 g/mol. The van der Waals surface area contributed by atoms with Gasteiger partial charge in [0.2, 0.25) is 0 Å². The van der Waals surface area contributed by atoms with Gasteiger partial charge in [0.1, 0.15) is 5.75 Å². The summed E-state index contributed by atoms with van der Waals surface area (Å²) in [7, 11) is 0. The molecule has 2 heteroatoms. The molecule has 2 rings (SSSR count). The summed E-state index contributed by atoms with van der Waals surface area (Å²) in [5.74, 6) is 0.965. The van der Waals surface area contributed by atoms with Crippen molar-refractivity contribution in [1.82, 2.24) is 0 Å². The van der Waals surface area contributed by atoms with Crippen LogP contribution in [-0.4, -0.2) is 6.10 Å². The fourth-order valence-corrected chi connectivity index (χ4v) is 1.63. The number of hydrogen-bond acceptors (Lipinski definition) is 2. The van der Waals surface area contributed by atoms with Gasteiger partial charge in [0.25, 0.3) is 0 Å². The van der Waals surface area contributed by atoms with Crippen LogP contribution in [0.4, 0.5) is 0 Å². The van der Waals surface area contributed by atoms with Crippen LogP contribution in [0.5, 0.6) is 5.75 Å². The van der Waals surface area contributed by atoms with Gasteiger partial charge in [-0.25, -0.2) is 0 Å². The first-order chi connectivity index (χ1) is 6.77. The summed E-state index contributed by atoms with van der Waals surface area (Å²) in [5.41, 5.74) is 6.98. The third kappa shape index (κ3) is 1.90. The second kappa shape index (κ2) is 4.01. The molecule has 0 aromatic heterocycles. The predicted octanol–water partition coefficient (Wildman–Crippen LogP) is 2.64. The molecule has 0 bridgehead atoms. The molecule has 1 atom stereocenters. The Hall–Kier alpha value is -1.02. The van der Waals surface area contributed by atoms with Crippen LogP contribution in [0.15, 0.2) is 24.3 Å².